The van der Waals surface area contributed by atoms with Crippen molar-refractivity contribution in [1.82, 2.24) is 10.3 Å². The summed E-state index contributed by atoms with van der Waals surface area (Å²) in [5.74, 6) is 1.27. The second-order valence-electron chi connectivity index (χ2n) is 7.83. The normalized spacial score (nSPS) is 17.7. The Bertz CT molecular complexity index is 1210. The molecule has 1 unspecified atom stereocenters. The van der Waals surface area contributed by atoms with Crippen molar-refractivity contribution in [3.63, 3.8) is 0 Å². The fourth-order valence-electron chi connectivity index (χ4n) is 3.60. The number of rotatable bonds is 8. The first-order valence-electron chi connectivity index (χ1n) is 10.6. The second kappa shape index (κ2) is 9.66. The van der Waals surface area contributed by atoms with E-state index in [9.17, 15) is 9.59 Å². The van der Waals surface area contributed by atoms with E-state index in [4.69, 9.17) is 14.2 Å². The molecule has 0 aromatic heterocycles. The monoisotopic (exact) mass is 459 g/mol. The summed E-state index contributed by atoms with van der Waals surface area (Å²) in [5.41, 5.74) is 1.05. The number of nitrogens with zero attached hydrogens (tertiary/aromatic N) is 2. The van der Waals surface area contributed by atoms with Gasteiger partial charge >= 0.3 is 6.03 Å². The van der Waals surface area contributed by atoms with Crippen LogP contribution >= 0.6 is 0 Å². The quantitative estimate of drug-likeness (QED) is 0.405. The lowest BCUT2D eigenvalue weighted by Crippen LogP contribution is -2.40. The predicted molar refractivity (Wildman–Crippen MR) is 127 cm³/mol. The van der Waals surface area contributed by atoms with Crippen molar-refractivity contribution in [1.29, 1.82) is 0 Å². The zero-order valence-corrected chi connectivity index (χ0v) is 19.1. The summed E-state index contributed by atoms with van der Waals surface area (Å²) in [4.78, 5) is 25.6. The lowest BCUT2D eigenvalue weighted by atomic mass is 9.92. The SMILES string of the molecule is COc1ccc(C2(C)NC(=O)N(/N=C/c3ccc(OC)c(OCc4ccccc4)c3)C2=O)cc1. The molecule has 0 aliphatic carbocycles. The second-order valence-corrected chi connectivity index (χ2v) is 7.83. The van der Waals surface area contributed by atoms with Gasteiger partial charge in [-0.25, -0.2) is 4.79 Å². The van der Waals surface area contributed by atoms with Crippen molar-refractivity contribution in [3.8, 4) is 17.2 Å². The highest BCUT2D eigenvalue weighted by atomic mass is 16.5. The van der Waals surface area contributed by atoms with Crippen molar-refractivity contribution in [2.75, 3.05) is 14.2 Å². The maximum absolute atomic E-state index is 13.1. The molecule has 4 rings (SSSR count). The molecule has 8 heteroatoms. The topological polar surface area (TPSA) is 89.5 Å². The molecule has 1 aliphatic rings. The van der Waals surface area contributed by atoms with Crippen LogP contribution in [0.1, 0.15) is 23.6 Å². The van der Waals surface area contributed by atoms with Gasteiger partial charge in [-0.05, 0) is 53.9 Å². The van der Waals surface area contributed by atoms with Crippen LogP contribution in [0.15, 0.2) is 77.9 Å². The van der Waals surface area contributed by atoms with Gasteiger partial charge in [0.2, 0.25) is 0 Å². The molecule has 0 saturated carbocycles. The van der Waals surface area contributed by atoms with Gasteiger partial charge in [-0.1, -0.05) is 42.5 Å². The summed E-state index contributed by atoms with van der Waals surface area (Å²) in [6, 6.07) is 21.4. The number of hydrazone groups is 1. The molecular weight excluding hydrogens is 434 g/mol. The van der Waals surface area contributed by atoms with Crippen molar-refractivity contribution in [2.24, 2.45) is 5.10 Å². The van der Waals surface area contributed by atoms with Crippen LogP contribution in [0.3, 0.4) is 0 Å². The molecule has 1 fully saturated rings. The van der Waals surface area contributed by atoms with Crippen LogP contribution in [-0.4, -0.2) is 37.4 Å². The Morgan fingerprint density at radius 3 is 2.35 bits per heavy atom. The predicted octanol–water partition coefficient (Wildman–Crippen LogP) is 4.08. The Labute approximate surface area is 197 Å². The van der Waals surface area contributed by atoms with Crippen LogP contribution in [0, 0.1) is 0 Å². The number of hydrogen-bond acceptors (Lipinski definition) is 6. The Hall–Kier alpha value is -4.33. The molecule has 0 radical (unpaired) electrons. The third-order valence-corrected chi connectivity index (χ3v) is 5.58. The number of urea groups is 1. The van der Waals surface area contributed by atoms with E-state index in [1.54, 1.807) is 63.6 Å². The van der Waals surface area contributed by atoms with Crippen LogP contribution in [0.5, 0.6) is 17.2 Å². The number of nitrogens with one attached hydrogen (secondary N) is 1. The fourth-order valence-corrected chi connectivity index (χ4v) is 3.60. The van der Waals surface area contributed by atoms with Gasteiger partial charge in [0.15, 0.2) is 11.5 Å². The van der Waals surface area contributed by atoms with Crippen molar-refractivity contribution in [2.45, 2.75) is 19.1 Å². The average Bonchev–Trinajstić information content (AvgIpc) is 3.10. The van der Waals surface area contributed by atoms with E-state index >= 15 is 0 Å². The Kier molecular flexibility index (Phi) is 6.49. The van der Waals surface area contributed by atoms with Gasteiger partial charge in [0.25, 0.3) is 5.91 Å². The number of amides is 3. The minimum Gasteiger partial charge on any atom is -0.497 e. The standard InChI is InChI=1S/C26H25N3O5/c1-26(20-10-12-21(32-2)13-11-20)24(30)29(25(31)28-26)27-16-19-9-14-22(33-3)23(15-19)34-17-18-7-5-4-6-8-18/h4-16H,17H2,1-3H3,(H,28,31)/b27-16+. The molecule has 3 amide bonds. The highest BCUT2D eigenvalue weighted by molar-refractivity contribution is 6.07. The number of carbonyl (C=O) groups excluding carboxylic acids is 2. The Morgan fingerprint density at radius 1 is 0.941 bits per heavy atom. The first-order chi connectivity index (χ1) is 16.4. The number of carbonyl (C=O) groups is 2. The molecule has 34 heavy (non-hydrogen) atoms. The number of ether oxygens (including phenoxy) is 3. The van der Waals surface area contributed by atoms with E-state index < -0.39 is 17.5 Å². The number of hydrogen-bond donors (Lipinski definition) is 1. The lowest BCUT2D eigenvalue weighted by Gasteiger charge is -2.21. The zero-order chi connectivity index (χ0) is 24.1. The van der Waals surface area contributed by atoms with Gasteiger partial charge in [0.05, 0.1) is 20.4 Å². The zero-order valence-electron chi connectivity index (χ0n) is 19.1. The van der Waals surface area contributed by atoms with Gasteiger partial charge in [-0.15, -0.1) is 5.01 Å². The van der Waals surface area contributed by atoms with Crippen LogP contribution in [-0.2, 0) is 16.9 Å². The summed E-state index contributed by atoms with van der Waals surface area (Å²) < 4.78 is 16.5. The fraction of sp³-hybridized carbons (Fsp3) is 0.192. The van der Waals surface area contributed by atoms with Gasteiger partial charge in [0, 0.05) is 0 Å². The smallest absolute Gasteiger partial charge is 0.346 e. The van der Waals surface area contributed by atoms with E-state index in [1.807, 2.05) is 30.3 Å². The molecule has 3 aromatic rings. The number of methoxy groups -OCH3 is 2. The van der Waals surface area contributed by atoms with Crippen molar-refractivity contribution < 1.29 is 23.8 Å². The summed E-state index contributed by atoms with van der Waals surface area (Å²) in [6.07, 6.45) is 1.44. The molecule has 1 N–H and O–H groups in total. The number of imide groups is 1. The molecule has 1 heterocycles. The molecule has 1 aliphatic heterocycles. The van der Waals surface area contributed by atoms with E-state index in [-0.39, 0.29) is 0 Å². The summed E-state index contributed by atoms with van der Waals surface area (Å²) in [6.45, 7) is 2.01. The molecule has 0 spiro atoms. The van der Waals surface area contributed by atoms with Gasteiger partial charge < -0.3 is 19.5 Å². The van der Waals surface area contributed by atoms with Crippen LogP contribution in [0.25, 0.3) is 0 Å². The summed E-state index contributed by atoms with van der Waals surface area (Å²) >= 11 is 0. The van der Waals surface area contributed by atoms with Gasteiger partial charge in [-0.2, -0.15) is 5.10 Å². The first kappa shape index (κ1) is 22.8. The third-order valence-electron chi connectivity index (χ3n) is 5.58. The summed E-state index contributed by atoms with van der Waals surface area (Å²) in [5, 5.41) is 7.71. The number of benzene rings is 3. The van der Waals surface area contributed by atoms with Crippen molar-refractivity contribution in [3.05, 3.63) is 89.5 Å². The summed E-state index contributed by atoms with van der Waals surface area (Å²) in [7, 11) is 3.12. The molecule has 0 bridgehead atoms. The molecule has 8 nitrogen and oxygen atoms in total. The van der Waals surface area contributed by atoms with Gasteiger partial charge in [-0.3, -0.25) is 4.79 Å². The highest BCUT2D eigenvalue weighted by Crippen LogP contribution is 2.31. The molecule has 1 saturated heterocycles. The molecule has 174 valence electrons. The van der Waals surface area contributed by atoms with Crippen LogP contribution < -0.4 is 19.5 Å². The minimum atomic E-state index is -1.23. The molecular formula is C26H25N3O5. The Morgan fingerprint density at radius 2 is 1.68 bits per heavy atom. The highest BCUT2D eigenvalue weighted by Gasteiger charge is 2.49. The molecule has 1 atom stereocenters. The van der Waals surface area contributed by atoms with Crippen LogP contribution in [0.2, 0.25) is 0 Å². The van der Waals surface area contributed by atoms with E-state index in [1.165, 1.54) is 6.21 Å². The van der Waals surface area contributed by atoms with Crippen molar-refractivity contribution >= 4 is 18.2 Å². The third kappa shape index (κ3) is 4.56. The molecule has 3 aromatic carbocycles. The maximum atomic E-state index is 13.1. The largest absolute Gasteiger partial charge is 0.497 e. The lowest BCUT2D eigenvalue weighted by molar-refractivity contribution is -0.131. The van der Waals surface area contributed by atoms with E-state index in [2.05, 4.69) is 10.4 Å². The van der Waals surface area contributed by atoms with E-state index in [0.717, 1.165) is 10.6 Å². The maximum Gasteiger partial charge on any atom is 0.346 e. The minimum absolute atomic E-state index is 0.366. The average molecular weight is 460 g/mol. The van der Waals surface area contributed by atoms with E-state index in [0.29, 0.717) is 35.0 Å². The van der Waals surface area contributed by atoms with Crippen LogP contribution in [0.4, 0.5) is 4.79 Å². The first-order valence-corrected chi connectivity index (χ1v) is 10.6. The van der Waals surface area contributed by atoms with Gasteiger partial charge in [0.1, 0.15) is 17.9 Å². The Balaban J connectivity index is 1.52.